The molecular weight excluding hydrogens is 335 g/mol. The molecule has 9 heteroatoms. The number of anilines is 1. The average molecular weight is 349 g/mol. The summed E-state index contributed by atoms with van der Waals surface area (Å²) in [7, 11) is -2.11. The van der Waals surface area contributed by atoms with Crippen molar-refractivity contribution in [3.63, 3.8) is 0 Å². The third kappa shape index (κ3) is 3.49. The number of benzene rings is 1. The molecule has 0 unspecified atom stereocenters. The molecule has 0 aliphatic heterocycles. The van der Waals surface area contributed by atoms with Gasteiger partial charge in [0.15, 0.2) is 0 Å². The van der Waals surface area contributed by atoms with Crippen molar-refractivity contribution in [2.75, 3.05) is 11.8 Å². The number of H-pyrrole nitrogens is 1. The molecule has 2 rings (SSSR count). The van der Waals surface area contributed by atoms with E-state index in [1.165, 1.54) is 12.1 Å². The van der Waals surface area contributed by atoms with Crippen LogP contribution < -0.4 is 10.0 Å². The second-order valence-corrected chi connectivity index (χ2v) is 6.85. The Morgan fingerprint density at radius 2 is 2.05 bits per heavy atom. The number of sulfonamides is 1. The number of halogens is 2. The minimum Gasteiger partial charge on any atom is -0.314 e. The molecule has 6 nitrogen and oxygen atoms in total. The number of nitrogens with zero attached hydrogens (tertiary/aromatic N) is 1. The molecule has 21 heavy (non-hydrogen) atoms. The zero-order chi connectivity index (χ0) is 15.6. The monoisotopic (exact) mass is 348 g/mol. The van der Waals surface area contributed by atoms with E-state index in [1.54, 1.807) is 20.0 Å². The Kier molecular flexibility index (Phi) is 4.77. The fraction of sp³-hybridized carbons (Fsp3) is 0.250. The lowest BCUT2D eigenvalue weighted by molar-refractivity contribution is 0.598. The molecule has 0 aliphatic carbocycles. The Morgan fingerprint density at radius 1 is 1.33 bits per heavy atom. The van der Waals surface area contributed by atoms with E-state index in [0.29, 0.717) is 23.0 Å². The summed E-state index contributed by atoms with van der Waals surface area (Å²) in [6.45, 7) is 1.96. The second-order valence-electron chi connectivity index (χ2n) is 4.38. The molecule has 0 radical (unpaired) electrons. The lowest BCUT2D eigenvalue weighted by Gasteiger charge is -2.11. The first-order valence-electron chi connectivity index (χ1n) is 6.01. The number of hydrogen-bond acceptors (Lipinski definition) is 4. The van der Waals surface area contributed by atoms with Crippen LogP contribution in [0, 0.1) is 6.92 Å². The van der Waals surface area contributed by atoms with Crippen molar-refractivity contribution in [1.29, 1.82) is 0 Å². The van der Waals surface area contributed by atoms with Crippen molar-refractivity contribution < 1.29 is 8.42 Å². The van der Waals surface area contributed by atoms with Crippen LogP contribution in [-0.4, -0.2) is 25.7 Å². The van der Waals surface area contributed by atoms with E-state index in [4.69, 9.17) is 23.2 Å². The van der Waals surface area contributed by atoms with Crippen molar-refractivity contribution in [3.05, 3.63) is 39.6 Å². The summed E-state index contributed by atoms with van der Waals surface area (Å²) in [6, 6.07) is 4.56. The van der Waals surface area contributed by atoms with Gasteiger partial charge in [0.05, 0.1) is 22.1 Å². The van der Waals surface area contributed by atoms with E-state index in [9.17, 15) is 8.42 Å². The molecule has 1 heterocycles. The van der Waals surface area contributed by atoms with Crippen LogP contribution in [0.5, 0.6) is 0 Å². The third-order valence-corrected chi connectivity index (χ3v) is 4.88. The van der Waals surface area contributed by atoms with Crippen molar-refractivity contribution >= 4 is 38.9 Å². The number of nitrogens with one attached hydrogen (secondary N) is 3. The predicted octanol–water partition coefficient (Wildman–Crippen LogP) is 2.55. The van der Waals surface area contributed by atoms with Gasteiger partial charge in [-0.25, -0.2) is 8.42 Å². The van der Waals surface area contributed by atoms with Crippen molar-refractivity contribution in [2.24, 2.45) is 0 Å². The van der Waals surface area contributed by atoms with E-state index in [1.807, 2.05) is 0 Å². The summed E-state index contributed by atoms with van der Waals surface area (Å²) in [5, 5.41) is 10.2. The lowest BCUT2D eigenvalue weighted by atomic mass is 10.3. The first-order valence-corrected chi connectivity index (χ1v) is 8.25. The van der Waals surface area contributed by atoms with E-state index in [2.05, 4.69) is 20.2 Å². The molecule has 2 aromatic rings. The highest BCUT2D eigenvalue weighted by Crippen LogP contribution is 2.29. The molecule has 1 aromatic carbocycles. The molecule has 114 valence electrons. The molecule has 0 amide bonds. The molecular formula is C12H14Cl2N4O2S. The molecule has 0 aliphatic rings. The number of hydrogen-bond donors (Lipinski definition) is 3. The van der Waals surface area contributed by atoms with Crippen LogP contribution in [0.15, 0.2) is 23.1 Å². The standard InChI is InChI=1S/C12H14Cl2N4O2S/c1-7-12(11(6-15-2)17-16-7)21(19,20)18-10-5-8(13)3-4-9(10)14/h3-5,15,18H,6H2,1-2H3,(H,16,17). The molecule has 3 N–H and O–H groups in total. The number of aromatic amines is 1. The smallest absolute Gasteiger partial charge is 0.265 e. The molecule has 0 atom stereocenters. The maximum absolute atomic E-state index is 12.5. The van der Waals surface area contributed by atoms with Gasteiger partial charge in [0.1, 0.15) is 4.90 Å². The van der Waals surface area contributed by atoms with Gasteiger partial charge in [0.2, 0.25) is 0 Å². The Morgan fingerprint density at radius 3 is 2.71 bits per heavy atom. The van der Waals surface area contributed by atoms with E-state index in [0.717, 1.165) is 0 Å². The Labute approximate surface area is 132 Å². The van der Waals surface area contributed by atoms with Crippen LogP contribution in [0.25, 0.3) is 0 Å². The highest BCUT2D eigenvalue weighted by atomic mass is 35.5. The topological polar surface area (TPSA) is 86.9 Å². The zero-order valence-corrected chi connectivity index (χ0v) is 13.7. The van der Waals surface area contributed by atoms with Gasteiger partial charge in [-0.2, -0.15) is 5.10 Å². The molecule has 0 spiro atoms. The van der Waals surface area contributed by atoms with Gasteiger partial charge in [-0.3, -0.25) is 9.82 Å². The van der Waals surface area contributed by atoms with Crippen LogP contribution in [0.3, 0.4) is 0 Å². The van der Waals surface area contributed by atoms with Gasteiger partial charge in [0, 0.05) is 11.6 Å². The molecule has 0 saturated carbocycles. The lowest BCUT2D eigenvalue weighted by Crippen LogP contribution is -2.17. The predicted molar refractivity (Wildman–Crippen MR) is 83.4 cm³/mol. The summed E-state index contributed by atoms with van der Waals surface area (Å²) in [6.07, 6.45) is 0. The molecule has 1 aromatic heterocycles. The Hall–Kier alpha value is -1.28. The van der Waals surface area contributed by atoms with Crippen LogP contribution in [0.1, 0.15) is 11.4 Å². The fourth-order valence-corrected chi connectivity index (χ4v) is 3.71. The number of aromatic nitrogens is 2. The van der Waals surface area contributed by atoms with Crippen LogP contribution in [0.4, 0.5) is 5.69 Å². The highest BCUT2D eigenvalue weighted by molar-refractivity contribution is 7.92. The molecule has 0 bridgehead atoms. The summed E-state index contributed by atoms with van der Waals surface area (Å²) in [5.41, 5.74) is 1.08. The molecule has 0 saturated heterocycles. The minimum atomic E-state index is -3.82. The van der Waals surface area contributed by atoms with Crippen LogP contribution in [0.2, 0.25) is 10.0 Å². The first kappa shape index (κ1) is 16.1. The normalized spacial score (nSPS) is 11.6. The average Bonchev–Trinajstić information content (AvgIpc) is 2.76. The first-order chi connectivity index (χ1) is 9.85. The number of aryl methyl sites for hydroxylation is 1. The molecule has 0 fully saturated rings. The maximum atomic E-state index is 12.5. The van der Waals surface area contributed by atoms with Crippen molar-refractivity contribution in [2.45, 2.75) is 18.4 Å². The maximum Gasteiger partial charge on any atom is 0.265 e. The summed E-state index contributed by atoms with van der Waals surface area (Å²) < 4.78 is 27.5. The quantitative estimate of drug-likeness (QED) is 0.774. The summed E-state index contributed by atoms with van der Waals surface area (Å²) in [5.74, 6) is 0. The van der Waals surface area contributed by atoms with Gasteiger partial charge in [-0.1, -0.05) is 23.2 Å². The summed E-state index contributed by atoms with van der Waals surface area (Å²) in [4.78, 5) is 0.105. The van der Waals surface area contributed by atoms with E-state index < -0.39 is 10.0 Å². The fourth-order valence-electron chi connectivity index (χ4n) is 1.88. The summed E-state index contributed by atoms with van der Waals surface area (Å²) >= 11 is 11.8. The van der Waals surface area contributed by atoms with Gasteiger partial charge >= 0.3 is 0 Å². The SMILES string of the molecule is CNCc1n[nH]c(C)c1S(=O)(=O)Nc1cc(Cl)ccc1Cl. The zero-order valence-electron chi connectivity index (χ0n) is 11.4. The van der Waals surface area contributed by atoms with Gasteiger partial charge in [0.25, 0.3) is 10.0 Å². The highest BCUT2D eigenvalue weighted by Gasteiger charge is 2.24. The number of rotatable bonds is 5. The third-order valence-electron chi connectivity index (χ3n) is 2.75. The van der Waals surface area contributed by atoms with Crippen LogP contribution >= 0.6 is 23.2 Å². The van der Waals surface area contributed by atoms with Crippen molar-refractivity contribution in [3.8, 4) is 0 Å². The van der Waals surface area contributed by atoms with Gasteiger partial charge in [-0.05, 0) is 32.2 Å². The Balaban J connectivity index is 2.43. The van der Waals surface area contributed by atoms with Crippen molar-refractivity contribution in [1.82, 2.24) is 15.5 Å². The van der Waals surface area contributed by atoms with Gasteiger partial charge < -0.3 is 5.32 Å². The second kappa shape index (κ2) is 6.23. The largest absolute Gasteiger partial charge is 0.314 e. The van der Waals surface area contributed by atoms with Gasteiger partial charge in [-0.15, -0.1) is 0 Å². The van der Waals surface area contributed by atoms with E-state index >= 15 is 0 Å². The van der Waals surface area contributed by atoms with E-state index in [-0.39, 0.29) is 15.6 Å². The van der Waals surface area contributed by atoms with Crippen LogP contribution in [-0.2, 0) is 16.6 Å². The minimum absolute atomic E-state index is 0.105. The Bertz CT molecular complexity index is 759.